The second-order valence-corrected chi connectivity index (χ2v) is 4.94. The molecular formula is C10H21F3N2. The van der Waals surface area contributed by atoms with Crippen molar-refractivity contribution in [2.75, 3.05) is 33.7 Å². The van der Waals surface area contributed by atoms with Crippen LogP contribution in [0.1, 0.15) is 20.3 Å². The number of halogens is 3. The summed E-state index contributed by atoms with van der Waals surface area (Å²) in [6.45, 7) is 5.52. The van der Waals surface area contributed by atoms with Gasteiger partial charge in [0.1, 0.15) is 0 Å². The second kappa shape index (κ2) is 5.70. The molecule has 0 aliphatic carbocycles. The molecule has 1 N–H and O–H groups in total. The molecule has 92 valence electrons. The van der Waals surface area contributed by atoms with Crippen LogP contribution in [0.4, 0.5) is 13.2 Å². The van der Waals surface area contributed by atoms with Gasteiger partial charge < -0.3 is 10.2 Å². The fraction of sp³-hybridized carbons (Fsp3) is 1.00. The molecule has 0 bridgehead atoms. The summed E-state index contributed by atoms with van der Waals surface area (Å²) in [4.78, 5) is 2.03. The molecule has 0 unspecified atom stereocenters. The van der Waals surface area contributed by atoms with Crippen molar-refractivity contribution in [1.29, 1.82) is 0 Å². The molecule has 15 heavy (non-hydrogen) atoms. The molecule has 0 radical (unpaired) electrons. The van der Waals surface area contributed by atoms with E-state index in [0.717, 1.165) is 6.54 Å². The van der Waals surface area contributed by atoms with E-state index < -0.39 is 12.6 Å². The first-order valence-electron chi connectivity index (χ1n) is 5.05. The summed E-state index contributed by atoms with van der Waals surface area (Å²) < 4.78 is 35.5. The Morgan fingerprint density at radius 2 is 1.67 bits per heavy atom. The van der Waals surface area contributed by atoms with Crippen LogP contribution in [0, 0.1) is 5.41 Å². The summed E-state index contributed by atoms with van der Waals surface area (Å²) in [7, 11) is 3.91. The van der Waals surface area contributed by atoms with Crippen molar-refractivity contribution in [2.24, 2.45) is 5.41 Å². The van der Waals surface area contributed by atoms with Crippen molar-refractivity contribution >= 4 is 0 Å². The first-order chi connectivity index (χ1) is 6.62. The SMILES string of the molecule is CN(C)CC(C)(C)CNCCC(F)(F)F. The maximum Gasteiger partial charge on any atom is 0.390 e. The molecule has 2 nitrogen and oxygen atoms in total. The van der Waals surface area contributed by atoms with Gasteiger partial charge in [-0.15, -0.1) is 0 Å². The third kappa shape index (κ3) is 10.0. The number of nitrogens with one attached hydrogen (secondary N) is 1. The molecular weight excluding hydrogens is 205 g/mol. The lowest BCUT2D eigenvalue weighted by Crippen LogP contribution is -2.38. The van der Waals surface area contributed by atoms with Gasteiger partial charge in [-0.2, -0.15) is 13.2 Å². The Kier molecular flexibility index (Phi) is 5.59. The molecule has 0 amide bonds. The van der Waals surface area contributed by atoms with Gasteiger partial charge in [0, 0.05) is 19.6 Å². The van der Waals surface area contributed by atoms with Crippen molar-refractivity contribution in [3.05, 3.63) is 0 Å². The predicted molar refractivity (Wildman–Crippen MR) is 55.9 cm³/mol. The lowest BCUT2D eigenvalue weighted by Gasteiger charge is -2.28. The van der Waals surface area contributed by atoms with Crippen molar-refractivity contribution in [3.8, 4) is 0 Å². The van der Waals surface area contributed by atoms with Gasteiger partial charge in [-0.3, -0.25) is 0 Å². The number of hydrogen-bond donors (Lipinski definition) is 1. The standard InChI is InChI=1S/C10H21F3N2/c1-9(2,8-15(3)4)7-14-6-5-10(11,12)13/h14H,5-8H2,1-4H3. The monoisotopic (exact) mass is 226 g/mol. The molecule has 0 aliphatic heterocycles. The zero-order chi connectivity index (χ0) is 12.1. The number of nitrogens with zero attached hydrogens (tertiary/aromatic N) is 1. The number of hydrogen-bond acceptors (Lipinski definition) is 2. The van der Waals surface area contributed by atoms with E-state index in [9.17, 15) is 13.2 Å². The van der Waals surface area contributed by atoms with E-state index in [-0.39, 0.29) is 12.0 Å². The van der Waals surface area contributed by atoms with Crippen LogP contribution in [0.15, 0.2) is 0 Å². The van der Waals surface area contributed by atoms with Crippen LogP contribution in [0.3, 0.4) is 0 Å². The minimum Gasteiger partial charge on any atom is -0.316 e. The lowest BCUT2D eigenvalue weighted by atomic mass is 9.93. The van der Waals surface area contributed by atoms with Crippen LogP contribution in [0.2, 0.25) is 0 Å². The summed E-state index contributed by atoms with van der Waals surface area (Å²) >= 11 is 0. The fourth-order valence-corrected chi connectivity index (χ4v) is 1.57. The highest BCUT2D eigenvalue weighted by Crippen LogP contribution is 2.19. The molecule has 0 rings (SSSR count). The molecule has 0 atom stereocenters. The van der Waals surface area contributed by atoms with E-state index >= 15 is 0 Å². The van der Waals surface area contributed by atoms with Gasteiger partial charge in [0.2, 0.25) is 0 Å². The van der Waals surface area contributed by atoms with Gasteiger partial charge in [-0.25, -0.2) is 0 Å². The average molecular weight is 226 g/mol. The molecule has 0 aromatic carbocycles. The normalized spacial score (nSPS) is 13.6. The maximum atomic E-state index is 11.8. The first-order valence-corrected chi connectivity index (χ1v) is 5.05. The first kappa shape index (κ1) is 14.7. The number of rotatable bonds is 6. The highest BCUT2D eigenvalue weighted by molar-refractivity contribution is 4.74. The van der Waals surface area contributed by atoms with Crippen LogP contribution in [-0.4, -0.2) is 44.8 Å². The molecule has 0 spiro atoms. The summed E-state index contributed by atoms with van der Waals surface area (Å²) in [6.07, 6.45) is -4.82. The second-order valence-electron chi connectivity index (χ2n) is 4.94. The maximum absolute atomic E-state index is 11.8. The number of alkyl halides is 3. The smallest absolute Gasteiger partial charge is 0.316 e. The quantitative estimate of drug-likeness (QED) is 0.698. The molecule has 5 heteroatoms. The van der Waals surface area contributed by atoms with E-state index in [1.54, 1.807) is 0 Å². The molecule has 0 aliphatic rings. The van der Waals surface area contributed by atoms with Crippen LogP contribution in [0.25, 0.3) is 0 Å². The summed E-state index contributed by atoms with van der Waals surface area (Å²) in [6, 6.07) is 0. The highest BCUT2D eigenvalue weighted by atomic mass is 19.4. The summed E-state index contributed by atoms with van der Waals surface area (Å²) in [5, 5.41) is 2.84. The van der Waals surface area contributed by atoms with Crippen molar-refractivity contribution in [1.82, 2.24) is 10.2 Å². The van der Waals surface area contributed by atoms with E-state index in [1.165, 1.54) is 0 Å². The van der Waals surface area contributed by atoms with Crippen LogP contribution in [0.5, 0.6) is 0 Å². The highest BCUT2D eigenvalue weighted by Gasteiger charge is 2.26. The zero-order valence-corrected chi connectivity index (χ0v) is 9.91. The fourth-order valence-electron chi connectivity index (χ4n) is 1.57. The van der Waals surface area contributed by atoms with Crippen molar-refractivity contribution in [3.63, 3.8) is 0 Å². The van der Waals surface area contributed by atoms with Crippen molar-refractivity contribution < 1.29 is 13.2 Å². The Hall–Kier alpha value is -0.290. The van der Waals surface area contributed by atoms with E-state index in [0.29, 0.717) is 6.54 Å². The third-order valence-corrected chi connectivity index (χ3v) is 1.93. The Labute approximate surface area is 89.8 Å². The predicted octanol–water partition coefficient (Wildman–Crippen LogP) is 2.12. The van der Waals surface area contributed by atoms with Gasteiger partial charge in [0.15, 0.2) is 0 Å². The Morgan fingerprint density at radius 3 is 2.07 bits per heavy atom. The van der Waals surface area contributed by atoms with Crippen LogP contribution in [-0.2, 0) is 0 Å². The van der Waals surface area contributed by atoms with Gasteiger partial charge in [0.05, 0.1) is 6.42 Å². The minimum atomic E-state index is -4.06. The minimum absolute atomic E-state index is 0.000356. The van der Waals surface area contributed by atoms with E-state index in [1.807, 2.05) is 32.8 Å². The summed E-state index contributed by atoms with van der Waals surface area (Å²) in [5.74, 6) is 0. The molecule has 0 fully saturated rings. The molecule has 0 aromatic heterocycles. The van der Waals surface area contributed by atoms with Gasteiger partial charge in [0.25, 0.3) is 0 Å². The Bertz CT molecular complexity index is 176. The van der Waals surface area contributed by atoms with Gasteiger partial charge >= 0.3 is 6.18 Å². The van der Waals surface area contributed by atoms with Gasteiger partial charge in [-0.05, 0) is 19.5 Å². The lowest BCUT2D eigenvalue weighted by molar-refractivity contribution is -0.133. The third-order valence-electron chi connectivity index (χ3n) is 1.93. The summed E-state index contributed by atoms with van der Waals surface area (Å²) in [5.41, 5.74) is -0.00486. The van der Waals surface area contributed by atoms with E-state index in [4.69, 9.17) is 0 Å². The van der Waals surface area contributed by atoms with E-state index in [2.05, 4.69) is 5.32 Å². The molecule has 0 heterocycles. The largest absolute Gasteiger partial charge is 0.390 e. The van der Waals surface area contributed by atoms with Crippen molar-refractivity contribution in [2.45, 2.75) is 26.4 Å². The van der Waals surface area contributed by atoms with Crippen LogP contribution >= 0.6 is 0 Å². The molecule has 0 saturated heterocycles. The average Bonchev–Trinajstić information content (AvgIpc) is 1.93. The topological polar surface area (TPSA) is 15.3 Å². The Morgan fingerprint density at radius 1 is 1.13 bits per heavy atom. The molecule has 0 saturated carbocycles. The van der Waals surface area contributed by atoms with Crippen LogP contribution < -0.4 is 5.32 Å². The van der Waals surface area contributed by atoms with Gasteiger partial charge in [-0.1, -0.05) is 13.8 Å². The zero-order valence-electron chi connectivity index (χ0n) is 9.91. The Balaban J connectivity index is 3.66. The molecule has 0 aromatic rings.